The Labute approximate surface area is 111 Å². The molecule has 2 rings (SSSR count). The number of rotatable bonds is 6. The van der Waals surface area contributed by atoms with E-state index in [1.165, 1.54) is 32.1 Å². The fraction of sp³-hybridized carbons (Fsp3) is 0.938. The summed E-state index contributed by atoms with van der Waals surface area (Å²) in [5, 5.41) is 0. The number of esters is 1. The molecule has 0 aromatic heterocycles. The molecular weight excluding hydrogens is 224 g/mol. The van der Waals surface area contributed by atoms with Crippen molar-refractivity contribution in [3.05, 3.63) is 0 Å². The summed E-state index contributed by atoms with van der Waals surface area (Å²) in [7, 11) is 0. The van der Waals surface area contributed by atoms with E-state index in [0.717, 1.165) is 30.6 Å². The van der Waals surface area contributed by atoms with Crippen molar-refractivity contribution < 1.29 is 9.53 Å². The van der Waals surface area contributed by atoms with Crippen molar-refractivity contribution >= 4 is 5.97 Å². The zero-order chi connectivity index (χ0) is 13.2. The van der Waals surface area contributed by atoms with E-state index in [0.29, 0.717) is 6.61 Å². The van der Waals surface area contributed by atoms with E-state index in [1.807, 2.05) is 20.8 Å². The number of carbonyl (C=O) groups is 1. The van der Waals surface area contributed by atoms with Gasteiger partial charge >= 0.3 is 5.97 Å². The van der Waals surface area contributed by atoms with Crippen LogP contribution in [0, 0.1) is 23.2 Å². The Morgan fingerprint density at radius 1 is 1.28 bits per heavy atom. The number of carbonyl (C=O) groups excluding carboxylic acids is 1. The Morgan fingerprint density at radius 2 is 2.06 bits per heavy atom. The third-order valence-electron chi connectivity index (χ3n) is 5.27. The number of hydrogen-bond acceptors (Lipinski definition) is 2. The Morgan fingerprint density at radius 3 is 2.61 bits per heavy atom. The van der Waals surface area contributed by atoms with Crippen molar-refractivity contribution in [1.82, 2.24) is 0 Å². The monoisotopic (exact) mass is 252 g/mol. The third kappa shape index (κ3) is 3.07. The summed E-state index contributed by atoms with van der Waals surface area (Å²) < 4.78 is 5.40. The van der Waals surface area contributed by atoms with Crippen molar-refractivity contribution in [2.75, 3.05) is 6.61 Å². The molecule has 0 heterocycles. The molecule has 2 fully saturated rings. The standard InChI is InChI=1S/C16H28O2/c1-4-16(2,3)15(17)18-9-5-6-13-10-12-7-8-14(13)11-12/h12-14H,4-11H2,1-3H3. The van der Waals surface area contributed by atoms with Gasteiger partial charge in [0.05, 0.1) is 12.0 Å². The van der Waals surface area contributed by atoms with E-state index in [4.69, 9.17) is 4.74 Å². The molecule has 0 aromatic carbocycles. The highest BCUT2D eigenvalue weighted by Gasteiger charge is 2.38. The van der Waals surface area contributed by atoms with Crippen LogP contribution < -0.4 is 0 Å². The summed E-state index contributed by atoms with van der Waals surface area (Å²) in [5.74, 6) is 2.93. The first-order valence-electron chi connectivity index (χ1n) is 7.70. The predicted octanol–water partition coefficient (Wildman–Crippen LogP) is 4.18. The Hall–Kier alpha value is -0.530. The second-order valence-electron chi connectivity index (χ2n) is 6.95. The molecule has 104 valence electrons. The lowest BCUT2D eigenvalue weighted by Gasteiger charge is -2.23. The second kappa shape index (κ2) is 5.63. The maximum absolute atomic E-state index is 11.8. The molecule has 2 aliphatic carbocycles. The molecule has 3 atom stereocenters. The lowest BCUT2D eigenvalue weighted by molar-refractivity contribution is -0.154. The minimum absolute atomic E-state index is 0.0297. The Balaban J connectivity index is 1.60. The van der Waals surface area contributed by atoms with Crippen LogP contribution in [0.3, 0.4) is 0 Å². The summed E-state index contributed by atoms with van der Waals surface area (Å²) in [6.07, 6.45) is 9.02. The molecule has 0 N–H and O–H groups in total. The highest BCUT2D eigenvalue weighted by atomic mass is 16.5. The van der Waals surface area contributed by atoms with Crippen LogP contribution >= 0.6 is 0 Å². The first kappa shape index (κ1) is 13.9. The van der Waals surface area contributed by atoms with Crippen molar-refractivity contribution in [3.8, 4) is 0 Å². The highest BCUT2D eigenvalue weighted by molar-refractivity contribution is 5.75. The average Bonchev–Trinajstić information content (AvgIpc) is 2.96. The van der Waals surface area contributed by atoms with Crippen molar-refractivity contribution in [2.24, 2.45) is 23.2 Å². The van der Waals surface area contributed by atoms with E-state index in [2.05, 4.69) is 0 Å². The molecule has 2 aliphatic rings. The molecule has 0 aromatic rings. The van der Waals surface area contributed by atoms with Crippen molar-refractivity contribution in [2.45, 2.75) is 65.7 Å². The van der Waals surface area contributed by atoms with E-state index < -0.39 is 0 Å². The van der Waals surface area contributed by atoms with Crippen LogP contribution in [-0.2, 0) is 9.53 Å². The molecule has 0 radical (unpaired) electrons. The summed E-state index contributed by atoms with van der Waals surface area (Å²) in [6, 6.07) is 0. The molecular formula is C16H28O2. The maximum atomic E-state index is 11.8. The Kier molecular flexibility index (Phi) is 4.34. The summed E-state index contributed by atoms with van der Waals surface area (Å²) >= 11 is 0. The summed E-state index contributed by atoms with van der Waals surface area (Å²) in [4.78, 5) is 11.8. The van der Waals surface area contributed by atoms with Gasteiger partial charge in [-0.1, -0.05) is 13.3 Å². The van der Waals surface area contributed by atoms with E-state index >= 15 is 0 Å². The maximum Gasteiger partial charge on any atom is 0.311 e. The van der Waals surface area contributed by atoms with Crippen molar-refractivity contribution in [1.29, 1.82) is 0 Å². The molecule has 2 nitrogen and oxygen atoms in total. The van der Waals surface area contributed by atoms with Crippen LogP contribution in [0.25, 0.3) is 0 Å². The lowest BCUT2D eigenvalue weighted by atomic mass is 9.86. The fourth-order valence-electron chi connectivity index (χ4n) is 3.58. The van der Waals surface area contributed by atoms with Gasteiger partial charge in [0.25, 0.3) is 0 Å². The molecule has 2 saturated carbocycles. The molecule has 3 unspecified atom stereocenters. The van der Waals surface area contributed by atoms with E-state index in [9.17, 15) is 4.79 Å². The van der Waals surface area contributed by atoms with Crippen LogP contribution in [0.2, 0.25) is 0 Å². The minimum atomic E-state index is -0.313. The Bertz CT molecular complexity index is 295. The number of hydrogen-bond donors (Lipinski definition) is 0. The van der Waals surface area contributed by atoms with Gasteiger partial charge < -0.3 is 4.74 Å². The summed E-state index contributed by atoms with van der Waals surface area (Å²) in [6.45, 7) is 6.59. The minimum Gasteiger partial charge on any atom is -0.465 e. The van der Waals surface area contributed by atoms with Crippen LogP contribution in [0.1, 0.15) is 65.7 Å². The van der Waals surface area contributed by atoms with Crippen LogP contribution in [0.5, 0.6) is 0 Å². The van der Waals surface area contributed by atoms with Gasteiger partial charge in [-0.05, 0) is 70.1 Å². The van der Waals surface area contributed by atoms with Gasteiger partial charge in [0.2, 0.25) is 0 Å². The van der Waals surface area contributed by atoms with Crippen LogP contribution in [0.4, 0.5) is 0 Å². The lowest BCUT2D eigenvalue weighted by Crippen LogP contribution is -2.26. The highest BCUT2D eigenvalue weighted by Crippen LogP contribution is 2.49. The van der Waals surface area contributed by atoms with Gasteiger partial charge in [0.15, 0.2) is 0 Å². The predicted molar refractivity (Wildman–Crippen MR) is 73.2 cm³/mol. The van der Waals surface area contributed by atoms with Gasteiger partial charge in [-0.15, -0.1) is 0 Å². The normalized spacial score (nSPS) is 30.7. The van der Waals surface area contributed by atoms with Gasteiger partial charge in [-0.25, -0.2) is 0 Å². The molecule has 0 spiro atoms. The smallest absolute Gasteiger partial charge is 0.311 e. The third-order valence-corrected chi connectivity index (χ3v) is 5.27. The quantitative estimate of drug-likeness (QED) is 0.523. The summed E-state index contributed by atoms with van der Waals surface area (Å²) in [5.41, 5.74) is -0.313. The van der Waals surface area contributed by atoms with E-state index in [1.54, 1.807) is 0 Å². The van der Waals surface area contributed by atoms with Gasteiger partial charge in [-0.2, -0.15) is 0 Å². The fourth-order valence-corrected chi connectivity index (χ4v) is 3.58. The van der Waals surface area contributed by atoms with Crippen molar-refractivity contribution in [3.63, 3.8) is 0 Å². The zero-order valence-corrected chi connectivity index (χ0v) is 12.2. The van der Waals surface area contributed by atoms with Gasteiger partial charge in [0, 0.05) is 0 Å². The average molecular weight is 252 g/mol. The van der Waals surface area contributed by atoms with Crippen LogP contribution in [-0.4, -0.2) is 12.6 Å². The molecule has 2 bridgehead atoms. The zero-order valence-electron chi connectivity index (χ0n) is 12.2. The van der Waals surface area contributed by atoms with Gasteiger partial charge in [0.1, 0.15) is 0 Å². The molecule has 0 saturated heterocycles. The molecule has 18 heavy (non-hydrogen) atoms. The first-order valence-corrected chi connectivity index (χ1v) is 7.70. The molecule has 2 heteroatoms. The molecule has 0 amide bonds. The van der Waals surface area contributed by atoms with Gasteiger partial charge in [-0.3, -0.25) is 4.79 Å². The largest absolute Gasteiger partial charge is 0.465 e. The first-order chi connectivity index (χ1) is 8.53. The topological polar surface area (TPSA) is 26.3 Å². The SMILES string of the molecule is CCC(C)(C)C(=O)OCCCC1CC2CCC1C2. The molecule has 0 aliphatic heterocycles. The number of ether oxygens (including phenoxy) is 1. The van der Waals surface area contributed by atoms with Crippen LogP contribution in [0.15, 0.2) is 0 Å². The number of fused-ring (bicyclic) bond motifs is 2. The second-order valence-corrected chi connectivity index (χ2v) is 6.95. The van der Waals surface area contributed by atoms with E-state index in [-0.39, 0.29) is 11.4 Å².